The maximum atomic E-state index is 12.5. The molecule has 3 aromatic rings. The number of hydrogen-bond donors (Lipinski definition) is 2. The lowest BCUT2D eigenvalue weighted by atomic mass is 9.83. The molecule has 0 radical (unpaired) electrons. The van der Waals surface area contributed by atoms with Crippen molar-refractivity contribution in [2.24, 2.45) is 11.0 Å². The number of amides is 2. The van der Waals surface area contributed by atoms with Gasteiger partial charge in [0, 0.05) is 67.6 Å². The van der Waals surface area contributed by atoms with Crippen LogP contribution >= 0.6 is 0 Å². The number of aromatic nitrogens is 1. The number of rotatable bonds is 8. The van der Waals surface area contributed by atoms with Crippen LogP contribution in [0.15, 0.2) is 70.6 Å². The third-order valence-corrected chi connectivity index (χ3v) is 7.18. The number of hydrogen-bond acceptors (Lipinski definition) is 6. The van der Waals surface area contributed by atoms with Crippen molar-refractivity contribution >= 4 is 23.7 Å². The lowest BCUT2D eigenvalue weighted by molar-refractivity contribution is -0.114. The minimum absolute atomic E-state index is 0.0929. The van der Waals surface area contributed by atoms with Crippen molar-refractivity contribution in [2.75, 3.05) is 25.0 Å². The molecule has 9 nitrogen and oxygen atoms in total. The monoisotopic (exact) mass is 527 g/mol. The Kier molecular flexibility index (Phi) is 7.88. The molecule has 2 bridgehead atoms. The summed E-state index contributed by atoms with van der Waals surface area (Å²) in [6.45, 7) is 7.29. The summed E-state index contributed by atoms with van der Waals surface area (Å²) in [5.74, 6) is 1.11. The SMILES string of the molecule is CCOc1ccc(C=NNC(=O)c2ccc(NC(C)=O)cc2)cc1CN1CC2CC(C1)c1cccc(=O)n1C2. The highest BCUT2D eigenvalue weighted by molar-refractivity contribution is 5.96. The van der Waals surface area contributed by atoms with Gasteiger partial charge in [-0.2, -0.15) is 5.10 Å². The highest BCUT2D eigenvalue weighted by Gasteiger charge is 2.34. The molecule has 1 fully saturated rings. The molecule has 2 N–H and O–H groups in total. The molecule has 0 aliphatic carbocycles. The van der Waals surface area contributed by atoms with E-state index in [1.54, 1.807) is 36.5 Å². The first-order valence-electron chi connectivity index (χ1n) is 13.3. The molecule has 5 rings (SSSR count). The molecule has 2 unspecified atom stereocenters. The Labute approximate surface area is 227 Å². The number of piperidine rings is 1. The number of nitrogens with zero attached hydrogens (tertiary/aromatic N) is 3. The fourth-order valence-electron chi connectivity index (χ4n) is 5.60. The first-order valence-corrected chi connectivity index (χ1v) is 13.3. The Morgan fingerprint density at radius 1 is 1.08 bits per heavy atom. The minimum Gasteiger partial charge on any atom is -0.494 e. The minimum atomic E-state index is -0.342. The smallest absolute Gasteiger partial charge is 0.271 e. The van der Waals surface area contributed by atoms with Crippen molar-refractivity contribution in [3.05, 3.63) is 93.4 Å². The predicted octanol–water partition coefficient (Wildman–Crippen LogP) is 3.59. The summed E-state index contributed by atoms with van der Waals surface area (Å²) in [5, 5.41) is 6.83. The van der Waals surface area contributed by atoms with Gasteiger partial charge in [0.05, 0.1) is 12.8 Å². The highest BCUT2D eigenvalue weighted by atomic mass is 16.5. The van der Waals surface area contributed by atoms with Crippen LogP contribution in [0.3, 0.4) is 0 Å². The maximum Gasteiger partial charge on any atom is 0.271 e. The van der Waals surface area contributed by atoms with E-state index in [-0.39, 0.29) is 17.4 Å². The topological polar surface area (TPSA) is 105 Å². The van der Waals surface area contributed by atoms with Gasteiger partial charge < -0.3 is 14.6 Å². The Bertz CT molecular complexity index is 1450. The number of likely N-dealkylation sites (tertiary alicyclic amines) is 1. The van der Waals surface area contributed by atoms with Gasteiger partial charge in [-0.3, -0.25) is 19.3 Å². The van der Waals surface area contributed by atoms with Crippen molar-refractivity contribution in [1.82, 2.24) is 14.9 Å². The highest BCUT2D eigenvalue weighted by Crippen LogP contribution is 2.36. The third-order valence-electron chi connectivity index (χ3n) is 7.18. The summed E-state index contributed by atoms with van der Waals surface area (Å²) >= 11 is 0. The van der Waals surface area contributed by atoms with Crippen LogP contribution in [0.4, 0.5) is 5.69 Å². The fraction of sp³-hybridized carbons (Fsp3) is 0.333. The summed E-state index contributed by atoms with van der Waals surface area (Å²) in [6, 6.07) is 18.1. The van der Waals surface area contributed by atoms with Gasteiger partial charge >= 0.3 is 0 Å². The Morgan fingerprint density at radius 3 is 2.67 bits per heavy atom. The number of hydrazone groups is 1. The molecule has 39 heavy (non-hydrogen) atoms. The standard InChI is InChI=1S/C30H33N5O4/c1-3-39-28-12-7-21(15-31-33-30(38)23-8-10-26(11-9-23)32-20(2)36)13-25(28)19-34-16-22-14-24(18-34)27-5-4-6-29(37)35(27)17-22/h4-13,15,22,24H,3,14,16-19H2,1-2H3,(H,32,36)(H,33,38). The quantitative estimate of drug-likeness (QED) is 0.344. The van der Waals surface area contributed by atoms with Gasteiger partial charge in [0.15, 0.2) is 0 Å². The first-order chi connectivity index (χ1) is 18.9. The summed E-state index contributed by atoms with van der Waals surface area (Å²) in [4.78, 5) is 38.5. The molecule has 0 saturated carbocycles. The molecule has 9 heteroatoms. The van der Waals surface area contributed by atoms with Crippen molar-refractivity contribution in [3.63, 3.8) is 0 Å². The average molecular weight is 528 g/mol. The van der Waals surface area contributed by atoms with Crippen LogP contribution in [0, 0.1) is 5.92 Å². The first kappa shape index (κ1) is 26.4. The van der Waals surface area contributed by atoms with E-state index in [0.717, 1.165) is 55.2 Å². The van der Waals surface area contributed by atoms with E-state index in [2.05, 4.69) is 26.8 Å². The number of anilines is 1. The van der Waals surface area contributed by atoms with E-state index >= 15 is 0 Å². The second-order valence-electron chi connectivity index (χ2n) is 10.2. The van der Waals surface area contributed by atoms with Crippen molar-refractivity contribution in [3.8, 4) is 5.75 Å². The van der Waals surface area contributed by atoms with Gasteiger partial charge in [-0.15, -0.1) is 0 Å². The van der Waals surface area contributed by atoms with E-state index in [4.69, 9.17) is 4.74 Å². The van der Waals surface area contributed by atoms with Crippen molar-refractivity contribution in [1.29, 1.82) is 0 Å². The summed E-state index contributed by atoms with van der Waals surface area (Å²) in [6.07, 6.45) is 2.73. The van der Waals surface area contributed by atoms with Gasteiger partial charge in [-0.1, -0.05) is 6.07 Å². The Balaban J connectivity index is 1.26. The van der Waals surface area contributed by atoms with Crippen molar-refractivity contribution in [2.45, 2.75) is 39.3 Å². The number of carbonyl (C=O) groups is 2. The van der Waals surface area contributed by atoms with E-state index in [0.29, 0.717) is 29.7 Å². The zero-order valence-electron chi connectivity index (χ0n) is 22.2. The van der Waals surface area contributed by atoms with Crippen LogP contribution in [-0.2, 0) is 17.9 Å². The van der Waals surface area contributed by atoms with Gasteiger partial charge in [0.1, 0.15) is 5.75 Å². The lowest BCUT2D eigenvalue weighted by Crippen LogP contribution is -2.46. The molecule has 2 amide bonds. The number of benzene rings is 2. The van der Waals surface area contributed by atoms with Crippen LogP contribution in [0.25, 0.3) is 0 Å². The second-order valence-corrected chi connectivity index (χ2v) is 10.2. The number of fused-ring (bicyclic) bond motifs is 4. The summed E-state index contributed by atoms with van der Waals surface area (Å²) in [7, 11) is 0. The van der Waals surface area contributed by atoms with Crippen LogP contribution in [-0.4, -0.2) is 47.2 Å². The maximum absolute atomic E-state index is 12.5. The van der Waals surface area contributed by atoms with Gasteiger partial charge in [0.25, 0.3) is 11.5 Å². The molecule has 2 aromatic carbocycles. The molecule has 2 aliphatic heterocycles. The molecule has 3 heterocycles. The number of nitrogens with one attached hydrogen (secondary N) is 2. The van der Waals surface area contributed by atoms with Crippen LogP contribution < -0.4 is 21.0 Å². The number of pyridine rings is 1. The predicted molar refractivity (Wildman–Crippen MR) is 150 cm³/mol. The van der Waals surface area contributed by atoms with Crippen LogP contribution in [0.1, 0.15) is 53.4 Å². The number of ether oxygens (including phenoxy) is 1. The van der Waals surface area contributed by atoms with E-state index in [1.165, 1.54) is 6.92 Å². The zero-order chi connectivity index (χ0) is 27.4. The molecular formula is C30H33N5O4. The molecule has 202 valence electrons. The molecule has 0 spiro atoms. The molecule has 2 atom stereocenters. The largest absolute Gasteiger partial charge is 0.494 e. The second kappa shape index (κ2) is 11.7. The van der Waals surface area contributed by atoms with Crippen molar-refractivity contribution < 1.29 is 14.3 Å². The molecule has 2 aliphatic rings. The summed E-state index contributed by atoms with van der Waals surface area (Å²) in [5.41, 5.74) is 6.76. The normalized spacial score (nSPS) is 18.4. The number of carbonyl (C=O) groups excluding carboxylic acids is 2. The Morgan fingerprint density at radius 2 is 1.90 bits per heavy atom. The average Bonchev–Trinajstić information content (AvgIpc) is 2.91. The lowest BCUT2D eigenvalue weighted by Gasteiger charge is -2.43. The molecule has 1 saturated heterocycles. The van der Waals surface area contributed by atoms with Crippen LogP contribution in [0.5, 0.6) is 5.75 Å². The Hall–Kier alpha value is -4.24. The summed E-state index contributed by atoms with van der Waals surface area (Å²) < 4.78 is 7.87. The van der Waals surface area contributed by atoms with E-state index in [1.807, 2.05) is 35.8 Å². The molecular weight excluding hydrogens is 494 g/mol. The zero-order valence-corrected chi connectivity index (χ0v) is 22.2. The van der Waals surface area contributed by atoms with Gasteiger partial charge in [0.2, 0.25) is 5.91 Å². The van der Waals surface area contributed by atoms with Gasteiger partial charge in [-0.25, -0.2) is 5.43 Å². The van der Waals surface area contributed by atoms with E-state index < -0.39 is 0 Å². The third kappa shape index (κ3) is 6.26. The van der Waals surface area contributed by atoms with E-state index in [9.17, 15) is 14.4 Å². The van der Waals surface area contributed by atoms with Crippen LogP contribution in [0.2, 0.25) is 0 Å². The molecule has 1 aromatic heterocycles. The van der Waals surface area contributed by atoms with Gasteiger partial charge in [-0.05, 0) is 73.4 Å². The fourth-order valence-corrected chi connectivity index (χ4v) is 5.60.